The molecule has 3 rings (SSSR count). The third-order valence-electron chi connectivity index (χ3n) is 7.13. The van der Waals surface area contributed by atoms with Crippen molar-refractivity contribution in [1.29, 1.82) is 0 Å². The molecule has 0 fully saturated rings. The van der Waals surface area contributed by atoms with Crippen LogP contribution in [-0.4, -0.2) is 30.8 Å². The maximum atomic E-state index is 13.5. The topological polar surface area (TPSA) is 96.5 Å². The number of hydrogen-bond donors (Lipinski definition) is 3. The molecular weight excluding hydrogens is 466 g/mol. The largest absolute Gasteiger partial charge is 0.357 e. The quantitative estimate of drug-likeness (QED) is 0.380. The first kappa shape index (κ1) is 28.4. The number of rotatable bonds is 12. The zero-order valence-corrected chi connectivity index (χ0v) is 22.5. The molecule has 200 valence electrons. The smallest absolute Gasteiger partial charge is 0.247 e. The second-order valence-corrected chi connectivity index (χ2v) is 10.4. The number of fused-ring (bicyclic) bond motifs is 1. The molecule has 37 heavy (non-hydrogen) atoms. The second kappa shape index (κ2) is 13.9. The Balaban J connectivity index is 1.69. The van der Waals surface area contributed by atoms with Crippen molar-refractivity contribution in [1.82, 2.24) is 16.1 Å². The Bertz CT molecular complexity index is 1050. The SMILES string of the molecule is CNC(=O)[C@H](Cc1cccc2c1CCCC2)NC(=O)[C@H](CC(C)C)[C@H](C)C(=O)NOCc1ccccc1. The standard InChI is InChI=1S/C30H41N3O4/c1-20(2)17-26(21(3)28(34)33-37-19-22-11-6-5-7-12-22)29(35)32-27(30(36)31-4)18-24-15-10-14-23-13-8-9-16-25(23)24/h5-7,10-12,14-15,20-21,26-27H,8-9,13,16-19H2,1-4H3,(H,31,36)(H,32,35)(H,33,34)/t21-,26+,27-/m0/s1. The van der Waals surface area contributed by atoms with E-state index in [9.17, 15) is 14.4 Å². The molecule has 0 saturated carbocycles. The summed E-state index contributed by atoms with van der Waals surface area (Å²) in [5, 5.41) is 5.67. The highest BCUT2D eigenvalue weighted by Crippen LogP contribution is 2.26. The second-order valence-electron chi connectivity index (χ2n) is 10.4. The van der Waals surface area contributed by atoms with Crippen molar-refractivity contribution in [2.45, 2.75) is 71.9 Å². The highest BCUT2D eigenvalue weighted by atomic mass is 16.6. The summed E-state index contributed by atoms with van der Waals surface area (Å²) in [5.41, 5.74) is 7.18. The highest BCUT2D eigenvalue weighted by Gasteiger charge is 2.33. The van der Waals surface area contributed by atoms with Crippen molar-refractivity contribution in [3.8, 4) is 0 Å². The zero-order valence-electron chi connectivity index (χ0n) is 22.5. The lowest BCUT2D eigenvalue weighted by Gasteiger charge is -2.27. The van der Waals surface area contributed by atoms with Gasteiger partial charge in [-0.25, -0.2) is 5.48 Å². The number of carbonyl (C=O) groups is 3. The molecule has 7 nitrogen and oxygen atoms in total. The predicted octanol–water partition coefficient (Wildman–Crippen LogP) is 3.89. The molecule has 0 heterocycles. The van der Waals surface area contributed by atoms with Crippen molar-refractivity contribution >= 4 is 17.7 Å². The van der Waals surface area contributed by atoms with Crippen LogP contribution < -0.4 is 16.1 Å². The number of hydrogen-bond acceptors (Lipinski definition) is 4. The van der Waals surface area contributed by atoms with Gasteiger partial charge in [0.2, 0.25) is 17.7 Å². The lowest BCUT2D eigenvalue weighted by molar-refractivity contribution is -0.144. The fourth-order valence-corrected chi connectivity index (χ4v) is 5.02. The van der Waals surface area contributed by atoms with Crippen molar-refractivity contribution in [3.05, 3.63) is 70.8 Å². The van der Waals surface area contributed by atoms with Gasteiger partial charge in [-0.05, 0) is 60.3 Å². The maximum absolute atomic E-state index is 13.5. The number of benzene rings is 2. The number of likely N-dealkylation sites (N-methyl/N-ethyl adjacent to an activating group) is 1. The van der Waals surface area contributed by atoms with Crippen LogP contribution in [0.5, 0.6) is 0 Å². The molecular formula is C30H41N3O4. The van der Waals surface area contributed by atoms with Crippen LogP contribution in [0.15, 0.2) is 48.5 Å². The first-order valence-electron chi connectivity index (χ1n) is 13.4. The Hall–Kier alpha value is -3.19. The van der Waals surface area contributed by atoms with E-state index in [-0.39, 0.29) is 30.2 Å². The van der Waals surface area contributed by atoms with E-state index in [2.05, 4.69) is 28.2 Å². The molecule has 1 aliphatic rings. The summed E-state index contributed by atoms with van der Waals surface area (Å²) < 4.78 is 0. The van der Waals surface area contributed by atoms with Crippen LogP contribution in [-0.2, 0) is 45.1 Å². The number of carbonyl (C=O) groups excluding carboxylic acids is 3. The van der Waals surface area contributed by atoms with Crippen LogP contribution in [0.1, 0.15) is 62.3 Å². The summed E-state index contributed by atoms with van der Waals surface area (Å²) in [7, 11) is 1.58. The van der Waals surface area contributed by atoms with Gasteiger partial charge in [-0.3, -0.25) is 19.2 Å². The minimum Gasteiger partial charge on any atom is -0.357 e. The molecule has 0 aromatic heterocycles. The van der Waals surface area contributed by atoms with Crippen molar-refractivity contribution in [2.24, 2.45) is 17.8 Å². The lowest BCUT2D eigenvalue weighted by Crippen LogP contribution is -2.51. The van der Waals surface area contributed by atoms with Crippen molar-refractivity contribution < 1.29 is 19.2 Å². The summed E-state index contributed by atoms with van der Waals surface area (Å²) in [4.78, 5) is 44.6. The van der Waals surface area contributed by atoms with Crippen LogP contribution >= 0.6 is 0 Å². The van der Waals surface area contributed by atoms with Gasteiger partial charge in [-0.2, -0.15) is 0 Å². The Kier molecular flexibility index (Phi) is 10.7. The summed E-state index contributed by atoms with van der Waals surface area (Å²) in [6.07, 6.45) is 5.30. The lowest BCUT2D eigenvalue weighted by atomic mass is 9.84. The molecule has 3 amide bonds. The van der Waals surface area contributed by atoms with Crippen LogP contribution in [0.25, 0.3) is 0 Å². The van der Waals surface area contributed by atoms with Gasteiger partial charge in [-0.15, -0.1) is 0 Å². The summed E-state index contributed by atoms with van der Waals surface area (Å²) in [6.45, 7) is 6.00. The minimum absolute atomic E-state index is 0.191. The number of hydroxylamine groups is 1. The normalized spacial score (nSPS) is 15.3. The summed E-state index contributed by atoms with van der Waals surface area (Å²) in [6, 6.07) is 15.1. The maximum Gasteiger partial charge on any atom is 0.247 e. The van der Waals surface area contributed by atoms with Crippen LogP contribution in [0, 0.1) is 17.8 Å². The van der Waals surface area contributed by atoms with E-state index in [1.807, 2.05) is 50.2 Å². The molecule has 3 N–H and O–H groups in total. The number of nitrogens with one attached hydrogen (secondary N) is 3. The minimum atomic E-state index is -0.717. The molecule has 3 atom stereocenters. The van der Waals surface area contributed by atoms with Gasteiger partial charge in [-0.1, -0.05) is 69.3 Å². The van der Waals surface area contributed by atoms with E-state index >= 15 is 0 Å². The zero-order chi connectivity index (χ0) is 26.8. The van der Waals surface area contributed by atoms with Gasteiger partial charge < -0.3 is 10.6 Å². The molecule has 0 spiro atoms. The average molecular weight is 508 g/mol. The van der Waals surface area contributed by atoms with E-state index in [0.29, 0.717) is 12.8 Å². The van der Waals surface area contributed by atoms with Crippen LogP contribution in [0.3, 0.4) is 0 Å². The fourth-order valence-electron chi connectivity index (χ4n) is 5.02. The fraction of sp³-hybridized carbons (Fsp3) is 0.500. The van der Waals surface area contributed by atoms with Gasteiger partial charge in [0.15, 0.2) is 0 Å². The van der Waals surface area contributed by atoms with Crippen LogP contribution in [0.2, 0.25) is 0 Å². The third-order valence-corrected chi connectivity index (χ3v) is 7.13. The molecule has 1 aliphatic carbocycles. The van der Waals surface area contributed by atoms with E-state index in [0.717, 1.165) is 30.4 Å². The predicted molar refractivity (Wildman–Crippen MR) is 144 cm³/mol. The van der Waals surface area contributed by atoms with Gasteiger partial charge in [0.1, 0.15) is 6.04 Å². The number of amides is 3. The van der Waals surface area contributed by atoms with Gasteiger partial charge >= 0.3 is 0 Å². The van der Waals surface area contributed by atoms with Gasteiger partial charge in [0.05, 0.1) is 6.61 Å². The number of aryl methyl sites for hydroxylation is 1. The first-order chi connectivity index (χ1) is 17.8. The summed E-state index contributed by atoms with van der Waals surface area (Å²) >= 11 is 0. The monoisotopic (exact) mass is 507 g/mol. The van der Waals surface area contributed by atoms with Crippen molar-refractivity contribution in [3.63, 3.8) is 0 Å². The molecule has 0 unspecified atom stereocenters. The molecule has 2 aromatic carbocycles. The van der Waals surface area contributed by atoms with Crippen molar-refractivity contribution in [2.75, 3.05) is 7.05 Å². The average Bonchev–Trinajstić information content (AvgIpc) is 2.91. The molecule has 7 heteroatoms. The molecule has 0 aliphatic heterocycles. The third kappa shape index (κ3) is 8.15. The molecule has 0 radical (unpaired) electrons. The Morgan fingerprint density at radius 2 is 1.62 bits per heavy atom. The Morgan fingerprint density at radius 1 is 0.892 bits per heavy atom. The molecule has 0 bridgehead atoms. The Morgan fingerprint density at radius 3 is 2.32 bits per heavy atom. The summed E-state index contributed by atoms with van der Waals surface area (Å²) in [5.74, 6) is -1.93. The highest BCUT2D eigenvalue weighted by molar-refractivity contribution is 5.91. The van der Waals surface area contributed by atoms with Crippen LogP contribution in [0.4, 0.5) is 0 Å². The van der Waals surface area contributed by atoms with Gasteiger partial charge in [0, 0.05) is 25.3 Å². The van der Waals surface area contributed by atoms with E-state index < -0.39 is 17.9 Å². The van der Waals surface area contributed by atoms with E-state index in [1.165, 1.54) is 17.5 Å². The van der Waals surface area contributed by atoms with E-state index in [1.54, 1.807) is 14.0 Å². The Labute approximate surface area is 220 Å². The van der Waals surface area contributed by atoms with E-state index in [4.69, 9.17) is 4.84 Å². The van der Waals surface area contributed by atoms with Gasteiger partial charge in [0.25, 0.3) is 0 Å². The molecule has 2 aromatic rings. The molecule has 0 saturated heterocycles. The first-order valence-corrected chi connectivity index (χ1v) is 13.4.